The molecule has 4 nitrogen and oxygen atoms in total. The van der Waals surface area contributed by atoms with Gasteiger partial charge in [0, 0.05) is 26.2 Å². The topological polar surface area (TPSA) is 39.7 Å². The highest BCUT2D eigenvalue weighted by Crippen LogP contribution is 2.13. The molecule has 0 bridgehead atoms. The standard InChI is InChI=1S/C13H28N4S/c1-14-13(15-8-4-5-10-18-3)16-11-12-7-6-9-17(12)2/h12H,4-11H2,1-3H3,(H2,14,15,16). The van der Waals surface area contributed by atoms with Gasteiger partial charge >= 0.3 is 0 Å². The molecule has 1 aliphatic heterocycles. The second kappa shape index (κ2) is 9.50. The van der Waals surface area contributed by atoms with Gasteiger partial charge in [-0.05, 0) is 51.3 Å². The lowest BCUT2D eigenvalue weighted by Gasteiger charge is -2.21. The van der Waals surface area contributed by atoms with Crippen molar-refractivity contribution in [3.05, 3.63) is 0 Å². The van der Waals surface area contributed by atoms with Crippen LogP contribution in [-0.2, 0) is 0 Å². The van der Waals surface area contributed by atoms with Gasteiger partial charge in [0.1, 0.15) is 0 Å². The number of aliphatic imine (C=N–C) groups is 1. The Bertz CT molecular complexity index is 245. The van der Waals surface area contributed by atoms with Crippen molar-refractivity contribution < 1.29 is 0 Å². The van der Waals surface area contributed by atoms with Gasteiger partial charge in [-0.1, -0.05) is 0 Å². The third-order valence-corrected chi connectivity index (χ3v) is 4.16. The number of hydrogen-bond acceptors (Lipinski definition) is 3. The molecule has 0 saturated carbocycles. The molecule has 2 N–H and O–H groups in total. The quantitative estimate of drug-likeness (QED) is 0.417. The number of nitrogens with zero attached hydrogens (tertiary/aromatic N) is 2. The second-order valence-electron chi connectivity index (χ2n) is 4.86. The van der Waals surface area contributed by atoms with Gasteiger partial charge in [-0.25, -0.2) is 0 Å². The van der Waals surface area contributed by atoms with E-state index in [1.54, 1.807) is 0 Å². The van der Waals surface area contributed by atoms with Gasteiger partial charge in [0.25, 0.3) is 0 Å². The number of hydrogen-bond donors (Lipinski definition) is 2. The summed E-state index contributed by atoms with van der Waals surface area (Å²) in [5.41, 5.74) is 0. The Kier molecular flexibility index (Phi) is 8.25. The highest BCUT2D eigenvalue weighted by atomic mass is 32.2. The summed E-state index contributed by atoms with van der Waals surface area (Å²) in [6.45, 7) is 3.24. The fourth-order valence-electron chi connectivity index (χ4n) is 2.25. The fraction of sp³-hybridized carbons (Fsp3) is 0.923. The predicted molar refractivity (Wildman–Crippen MR) is 82.6 cm³/mol. The van der Waals surface area contributed by atoms with Crippen LogP contribution in [0.5, 0.6) is 0 Å². The van der Waals surface area contributed by atoms with Crippen molar-refractivity contribution in [2.45, 2.75) is 31.7 Å². The summed E-state index contributed by atoms with van der Waals surface area (Å²) in [5.74, 6) is 2.19. The zero-order chi connectivity index (χ0) is 13.2. The summed E-state index contributed by atoms with van der Waals surface area (Å²) in [7, 11) is 4.05. The second-order valence-corrected chi connectivity index (χ2v) is 5.84. The van der Waals surface area contributed by atoms with E-state index in [9.17, 15) is 0 Å². The van der Waals surface area contributed by atoms with Crippen LogP contribution in [0.2, 0.25) is 0 Å². The number of likely N-dealkylation sites (N-methyl/N-ethyl adjacent to an activating group) is 1. The van der Waals surface area contributed by atoms with Crippen molar-refractivity contribution in [1.82, 2.24) is 15.5 Å². The summed E-state index contributed by atoms with van der Waals surface area (Å²) in [4.78, 5) is 6.69. The molecular formula is C13H28N4S. The van der Waals surface area contributed by atoms with Crippen LogP contribution in [0.15, 0.2) is 4.99 Å². The molecule has 1 atom stereocenters. The smallest absolute Gasteiger partial charge is 0.191 e. The number of rotatable bonds is 7. The predicted octanol–water partition coefficient (Wildman–Crippen LogP) is 1.39. The lowest BCUT2D eigenvalue weighted by Crippen LogP contribution is -2.44. The molecule has 106 valence electrons. The highest BCUT2D eigenvalue weighted by molar-refractivity contribution is 7.98. The van der Waals surface area contributed by atoms with Crippen LogP contribution in [0.4, 0.5) is 0 Å². The van der Waals surface area contributed by atoms with E-state index in [-0.39, 0.29) is 0 Å². The van der Waals surface area contributed by atoms with Gasteiger partial charge in [0.05, 0.1) is 0 Å². The van der Waals surface area contributed by atoms with Crippen LogP contribution in [0.3, 0.4) is 0 Å². The molecule has 1 aliphatic rings. The minimum atomic E-state index is 0.667. The molecule has 1 rings (SSSR count). The first kappa shape index (κ1) is 15.6. The first-order valence-corrected chi connectivity index (χ1v) is 8.31. The molecule has 5 heteroatoms. The summed E-state index contributed by atoms with van der Waals surface area (Å²) >= 11 is 1.91. The lowest BCUT2D eigenvalue weighted by molar-refractivity contribution is 0.309. The van der Waals surface area contributed by atoms with E-state index in [2.05, 4.69) is 33.8 Å². The van der Waals surface area contributed by atoms with Gasteiger partial charge in [0.2, 0.25) is 0 Å². The van der Waals surface area contributed by atoms with Crippen molar-refractivity contribution in [1.29, 1.82) is 0 Å². The third-order valence-electron chi connectivity index (χ3n) is 3.47. The maximum Gasteiger partial charge on any atom is 0.191 e. The van der Waals surface area contributed by atoms with Crippen LogP contribution in [-0.4, -0.2) is 62.6 Å². The largest absolute Gasteiger partial charge is 0.356 e. The van der Waals surface area contributed by atoms with E-state index in [0.717, 1.165) is 19.0 Å². The Morgan fingerprint density at radius 3 is 2.83 bits per heavy atom. The zero-order valence-corrected chi connectivity index (χ0v) is 12.9. The summed E-state index contributed by atoms with van der Waals surface area (Å²) < 4.78 is 0. The van der Waals surface area contributed by atoms with Gasteiger partial charge in [-0.2, -0.15) is 11.8 Å². The van der Waals surface area contributed by atoms with Crippen molar-refractivity contribution in [3.8, 4) is 0 Å². The minimum Gasteiger partial charge on any atom is -0.356 e. The molecule has 1 saturated heterocycles. The molecule has 0 aromatic rings. The summed E-state index contributed by atoms with van der Waals surface area (Å²) in [5, 5.41) is 6.80. The molecule has 1 fully saturated rings. The first-order chi connectivity index (χ1) is 8.77. The Hall–Kier alpha value is -0.420. The van der Waals surface area contributed by atoms with Crippen LogP contribution < -0.4 is 10.6 Å². The van der Waals surface area contributed by atoms with Crippen molar-refractivity contribution >= 4 is 17.7 Å². The van der Waals surface area contributed by atoms with Crippen molar-refractivity contribution in [2.75, 3.05) is 45.7 Å². The molecule has 0 spiro atoms. The van der Waals surface area contributed by atoms with Crippen LogP contribution in [0, 0.1) is 0 Å². The van der Waals surface area contributed by atoms with E-state index >= 15 is 0 Å². The number of thioether (sulfide) groups is 1. The Morgan fingerprint density at radius 2 is 2.22 bits per heavy atom. The van der Waals surface area contributed by atoms with E-state index in [1.807, 2.05) is 18.8 Å². The SMILES string of the molecule is CN=C(NCCCCSC)NCC1CCCN1C. The average Bonchev–Trinajstić information content (AvgIpc) is 2.78. The Morgan fingerprint density at radius 1 is 1.39 bits per heavy atom. The van der Waals surface area contributed by atoms with E-state index in [1.165, 1.54) is 38.0 Å². The molecule has 1 heterocycles. The number of guanidine groups is 1. The van der Waals surface area contributed by atoms with E-state index < -0.39 is 0 Å². The first-order valence-electron chi connectivity index (χ1n) is 6.91. The van der Waals surface area contributed by atoms with Crippen LogP contribution in [0.25, 0.3) is 0 Å². The molecule has 0 amide bonds. The van der Waals surface area contributed by atoms with Crippen LogP contribution >= 0.6 is 11.8 Å². The number of unbranched alkanes of at least 4 members (excludes halogenated alkanes) is 1. The monoisotopic (exact) mass is 272 g/mol. The maximum absolute atomic E-state index is 4.26. The third kappa shape index (κ3) is 5.96. The fourth-order valence-corrected chi connectivity index (χ4v) is 2.74. The van der Waals surface area contributed by atoms with Gasteiger partial charge in [0.15, 0.2) is 5.96 Å². The van der Waals surface area contributed by atoms with E-state index in [0.29, 0.717) is 6.04 Å². The molecule has 0 aromatic carbocycles. The van der Waals surface area contributed by atoms with Gasteiger partial charge in [-0.3, -0.25) is 4.99 Å². The Balaban J connectivity index is 2.10. The lowest BCUT2D eigenvalue weighted by atomic mass is 10.2. The average molecular weight is 272 g/mol. The molecule has 18 heavy (non-hydrogen) atoms. The summed E-state index contributed by atoms with van der Waals surface area (Å²) in [6.07, 6.45) is 7.27. The van der Waals surface area contributed by atoms with Gasteiger partial charge < -0.3 is 15.5 Å². The zero-order valence-electron chi connectivity index (χ0n) is 12.0. The number of likely N-dealkylation sites (tertiary alicyclic amines) is 1. The van der Waals surface area contributed by atoms with Gasteiger partial charge in [-0.15, -0.1) is 0 Å². The highest BCUT2D eigenvalue weighted by Gasteiger charge is 2.20. The van der Waals surface area contributed by atoms with Crippen molar-refractivity contribution in [2.24, 2.45) is 4.99 Å². The molecule has 0 radical (unpaired) electrons. The Labute approximate surface area is 116 Å². The molecule has 0 aliphatic carbocycles. The van der Waals surface area contributed by atoms with E-state index in [4.69, 9.17) is 0 Å². The van der Waals surface area contributed by atoms with Crippen LogP contribution in [0.1, 0.15) is 25.7 Å². The summed E-state index contributed by atoms with van der Waals surface area (Å²) in [6, 6.07) is 0.667. The molecule has 0 aromatic heterocycles. The normalized spacial score (nSPS) is 21.3. The maximum atomic E-state index is 4.26. The molecule has 1 unspecified atom stereocenters. The molecular weight excluding hydrogens is 244 g/mol. The van der Waals surface area contributed by atoms with Crippen molar-refractivity contribution in [3.63, 3.8) is 0 Å². The number of nitrogens with one attached hydrogen (secondary N) is 2. The minimum absolute atomic E-state index is 0.667.